The highest BCUT2D eigenvalue weighted by molar-refractivity contribution is 7.99. The predicted octanol–water partition coefficient (Wildman–Crippen LogP) is 3.98. The van der Waals surface area contributed by atoms with Gasteiger partial charge in [-0.3, -0.25) is 0 Å². The van der Waals surface area contributed by atoms with Crippen LogP contribution in [0.15, 0.2) is 29.2 Å². The van der Waals surface area contributed by atoms with E-state index in [9.17, 15) is 0 Å². The molecule has 1 aromatic carbocycles. The fourth-order valence-electron chi connectivity index (χ4n) is 1.89. The Bertz CT molecular complexity index is 403. The van der Waals surface area contributed by atoms with Crippen LogP contribution in [0.3, 0.4) is 0 Å². The fraction of sp³-hybridized carbons (Fsp3) is 0.533. The lowest BCUT2D eigenvalue weighted by molar-refractivity contribution is 0.403. The van der Waals surface area contributed by atoms with Gasteiger partial charge in [-0.15, -0.1) is 11.8 Å². The summed E-state index contributed by atoms with van der Waals surface area (Å²) in [7, 11) is 0. The number of nitriles is 1. The molecule has 0 aliphatic carbocycles. The molecule has 0 aliphatic heterocycles. The first-order valence-corrected chi connectivity index (χ1v) is 7.25. The van der Waals surface area contributed by atoms with Gasteiger partial charge in [0.05, 0.1) is 12.0 Å². The average molecular weight is 262 g/mol. The van der Waals surface area contributed by atoms with Gasteiger partial charge >= 0.3 is 0 Å². The first-order chi connectivity index (χ1) is 8.45. The van der Waals surface area contributed by atoms with E-state index in [1.807, 2.05) is 37.7 Å². The van der Waals surface area contributed by atoms with Crippen LogP contribution in [0.1, 0.15) is 39.3 Å². The largest absolute Gasteiger partial charge is 0.323 e. The highest BCUT2D eigenvalue weighted by Gasteiger charge is 2.22. The molecule has 2 nitrogen and oxygen atoms in total. The van der Waals surface area contributed by atoms with E-state index in [0.717, 1.165) is 5.56 Å². The van der Waals surface area contributed by atoms with E-state index < -0.39 is 0 Å². The third-order valence-corrected chi connectivity index (χ3v) is 3.91. The zero-order valence-corrected chi connectivity index (χ0v) is 12.4. The Morgan fingerprint density at radius 2 is 1.67 bits per heavy atom. The van der Waals surface area contributed by atoms with Crippen molar-refractivity contribution < 1.29 is 0 Å². The second-order valence-corrected chi connectivity index (χ2v) is 6.81. The molecule has 98 valence electrons. The van der Waals surface area contributed by atoms with E-state index in [2.05, 4.69) is 32.0 Å². The third-order valence-electron chi connectivity index (χ3n) is 2.89. The van der Waals surface area contributed by atoms with Crippen LogP contribution in [0.5, 0.6) is 0 Å². The number of nitrogens with two attached hydrogens (primary N) is 1. The highest BCUT2D eigenvalue weighted by atomic mass is 32.2. The van der Waals surface area contributed by atoms with Gasteiger partial charge in [-0.1, -0.05) is 39.8 Å². The van der Waals surface area contributed by atoms with Gasteiger partial charge in [0.15, 0.2) is 0 Å². The summed E-state index contributed by atoms with van der Waals surface area (Å²) in [6, 6.07) is 10.4. The molecule has 1 aromatic rings. The lowest BCUT2D eigenvalue weighted by atomic mass is 9.86. The second kappa shape index (κ2) is 6.82. The number of hydrogen-bond donors (Lipinski definition) is 1. The molecule has 1 rings (SSSR count). The maximum Gasteiger partial charge on any atom is 0.0679 e. The van der Waals surface area contributed by atoms with Crippen LogP contribution < -0.4 is 5.73 Å². The number of thioether (sulfide) groups is 1. The van der Waals surface area contributed by atoms with Gasteiger partial charge < -0.3 is 5.73 Å². The molecule has 0 amide bonds. The van der Waals surface area contributed by atoms with Crippen molar-refractivity contribution in [2.75, 3.05) is 0 Å². The Hall–Kier alpha value is -0.980. The summed E-state index contributed by atoms with van der Waals surface area (Å²) in [6.45, 7) is 8.43. The van der Waals surface area contributed by atoms with Crippen LogP contribution in [0, 0.1) is 23.2 Å². The van der Waals surface area contributed by atoms with E-state index in [1.54, 1.807) is 0 Å². The molecule has 2 N–H and O–H groups in total. The quantitative estimate of drug-likeness (QED) is 0.816. The smallest absolute Gasteiger partial charge is 0.0679 e. The Morgan fingerprint density at radius 3 is 2.06 bits per heavy atom. The number of hydrogen-bond acceptors (Lipinski definition) is 3. The summed E-state index contributed by atoms with van der Waals surface area (Å²) < 4.78 is 0. The standard InChI is InChI=1S/C15H22N2S/c1-10(2)14(9-16)15(17)12-5-7-13(8-6-12)18-11(3)4/h5-8,10-11,14-15H,17H2,1-4H3. The highest BCUT2D eigenvalue weighted by Crippen LogP contribution is 2.28. The van der Waals surface area contributed by atoms with Gasteiger partial charge in [0.2, 0.25) is 0 Å². The van der Waals surface area contributed by atoms with Crippen molar-refractivity contribution in [3.63, 3.8) is 0 Å². The average Bonchev–Trinajstić information content (AvgIpc) is 2.29. The molecule has 0 heterocycles. The van der Waals surface area contributed by atoms with Crippen molar-refractivity contribution in [1.29, 1.82) is 5.26 Å². The van der Waals surface area contributed by atoms with Crippen molar-refractivity contribution in [2.24, 2.45) is 17.6 Å². The minimum absolute atomic E-state index is 0.131. The Labute approximate surface area is 115 Å². The fourth-order valence-corrected chi connectivity index (χ4v) is 2.73. The summed E-state index contributed by atoms with van der Waals surface area (Å²) in [5.74, 6) is 0.142. The summed E-state index contributed by atoms with van der Waals surface area (Å²) in [5, 5.41) is 9.74. The van der Waals surface area contributed by atoms with Crippen molar-refractivity contribution in [1.82, 2.24) is 0 Å². The van der Waals surface area contributed by atoms with Crippen LogP contribution in [-0.4, -0.2) is 5.25 Å². The van der Waals surface area contributed by atoms with E-state index in [1.165, 1.54) is 4.90 Å². The molecule has 0 aliphatic rings. The lowest BCUT2D eigenvalue weighted by Crippen LogP contribution is -2.24. The number of benzene rings is 1. The molecule has 3 heteroatoms. The van der Waals surface area contributed by atoms with Crippen molar-refractivity contribution in [2.45, 2.75) is 43.9 Å². The zero-order chi connectivity index (χ0) is 13.7. The molecule has 0 bridgehead atoms. The molecule has 0 radical (unpaired) electrons. The van der Waals surface area contributed by atoms with Gasteiger partial charge in [0.1, 0.15) is 0 Å². The molecule has 0 saturated heterocycles. The maximum absolute atomic E-state index is 9.17. The minimum atomic E-state index is -0.201. The van der Waals surface area contributed by atoms with E-state index in [4.69, 9.17) is 11.0 Å². The molecule has 2 unspecified atom stereocenters. The SMILES string of the molecule is CC(C)Sc1ccc(C(N)C(C#N)C(C)C)cc1. The van der Waals surface area contributed by atoms with Crippen LogP contribution in [-0.2, 0) is 0 Å². The molecular weight excluding hydrogens is 240 g/mol. The molecular formula is C15H22N2S. The van der Waals surface area contributed by atoms with Crippen LogP contribution >= 0.6 is 11.8 Å². The van der Waals surface area contributed by atoms with Crippen LogP contribution in [0.2, 0.25) is 0 Å². The Kier molecular flexibility index (Phi) is 5.71. The summed E-state index contributed by atoms with van der Waals surface area (Å²) in [4.78, 5) is 1.25. The summed E-state index contributed by atoms with van der Waals surface area (Å²) in [5.41, 5.74) is 7.22. The monoisotopic (exact) mass is 262 g/mol. The Balaban J connectivity index is 2.82. The second-order valence-electron chi connectivity index (χ2n) is 5.16. The van der Waals surface area contributed by atoms with Crippen LogP contribution in [0.4, 0.5) is 0 Å². The van der Waals surface area contributed by atoms with E-state index in [0.29, 0.717) is 5.25 Å². The zero-order valence-electron chi connectivity index (χ0n) is 11.6. The Morgan fingerprint density at radius 1 is 1.11 bits per heavy atom. The number of rotatable bonds is 5. The van der Waals surface area contributed by atoms with Gasteiger partial charge in [-0.2, -0.15) is 5.26 Å². The third kappa shape index (κ3) is 4.04. The number of nitrogens with zero attached hydrogens (tertiary/aromatic N) is 1. The topological polar surface area (TPSA) is 49.8 Å². The molecule has 2 atom stereocenters. The van der Waals surface area contributed by atoms with Gasteiger partial charge in [0.25, 0.3) is 0 Å². The summed E-state index contributed by atoms with van der Waals surface area (Å²) in [6.07, 6.45) is 0. The summed E-state index contributed by atoms with van der Waals surface area (Å²) >= 11 is 1.83. The van der Waals surface area contributed by atoms with Gasteiger partial charge in [-0.05, 0) is 23.6 Å². The van der Waals surface area contributed by atoms with E-state index >= 15 is 0 Å². The molecule has 0 aromatic heterocycles. The predicted molar refractivity (Wildman–Crippen MR) is 78.3 cm³/mol. The first-order valence-electron chi connectivity index (χ1n) is 6.37. The van der Waals surface area contributed by atoms with E-state index in [-0.39, 0.29) is 17.9 Å². The lowest BCUT2D eigenvalue weighted by Gasteiger charge is -2.21. The molecule has 0 spiro atoms. The molecule has 18 heavy (non-hydrogen) atoms. The molecule has 0 fully saturated rings. The van der Waals surface area contributed by atoms with Crippen molar-refractivity contribution >= 4 is 11.8 Å². The minimum Gasteiger partial charge on any atom is -0.323 e. The van der Waals surface area contributed by atoms with Crippen molar-refractivity contribution in [3.8, 4) is 6.07 Å². The first kappa shape index (κ1) is 15.1. The van der Waals surface area contributed by atoms with Gasteiger partial charge in [0, 0.05) is 16.2 Å². The van der Waals surface area contributed by atoms with Crippen molar-refractivity contribution in [3.05, 3.63) is 29.8 Å². The van der Waals surface area contributed by atoms with Gasteiger partial charge in [-0.25, -0.2) is 0 Å². The molecule has 0 saturated carbocycles. The normalized spacial score (nSPS) is 14.6. The van der Waals surface area contributed by atoms with Crippen LogP contribution in [0.25, 0.3) is 0 Å². The maximum atomic E-state index is 9.17.